The number of aromatic nitrogens is 2. The molecule has 1 N–H and O–H groups in total. The molecule has 2 fully saturated rings. The second kappa shape index (κ2) is 11.0. The van der Waals surface area contributed by atoms with E-state index in [0.717, 1.165) is 43.1 Å². The van der Waals surface area contributed by atoms with Gasteiger partial charge in [0.05, 0.1) is 29.5 Å². The molecule has 35 heavy (non-hydrogen) atoms. The van der Waals surface area contributed by atoms with Crippen LogP contribution in [-0.2, 0) is 16.0 Å². The minimum Gasteiger partial charge on any atom is -0.490 e. The van der Waals surface area contributed by atoms with E-state index in [4.69, 9.17) is 38.0 Å². The van der Waals surface area contributed by atoms with E-state index in [2.05, 4.69) is 38.1 Å². The molecule has 0 amide bonds. The van der Waals surface area contributed by atoms with Gasteiger partial charge in [0, 0.05) is 44.0 Å². The van der Waals surface area contributed by atoms with Crippen LogP contribution >= 0.6 is 23.8 Å². The van der Waals surface area contributed by atoms with E-state index >= 15 is 0 Å². The van der Waals surface area contributed by atoms with Gasteiger partial charge in [-0.25, -0.2) is 0 Å². The van der Waals surface area contributed by atoms with Crippen LogP contribution in [0.1, 0.15) is 36.3 Å². The van der Waals surface area contributed by atoms with Gasteiger partial charge in [0.25, 0.3) is 0 Å². The van der Waals surface area contributed by atoms with Crippen molar-refractivity contribution in [2.24, 2.45) is 0 Å². The Morgan fingerprint density at radius 2 is 2.11 bits per heavy atom. The summed E-state index contributed by atoms with van der Waals surface area (Å²) in [6, 6.07) is 15.7. The average molecular weight is 513 g/mol. The first kappa shape index (κ1) is 24.1. The lowest BCUT2D eigenvalue weighted by atomic mass is 10.0. The van der Waals surface area contributed by atoms with E-state index in [1.165, 1.54) is 0 Å². The Bertz CT molecular complexity index is 1150. The molecule has 0 aliphatic carbocycles. The van der Waals surface area contributed by atoms with Gasteiger partial charge in [-0.05, 0) is 67.5 Å². The van der Waals surface area contributed by atoms with Gasteiger partial charge in [0.15, 0.2) is 5.11 Å². The van der Waals surface area contributed by atoms with E-state index in [0.29, 0.717) is 29.1 Å². The number of ether oxygens (including phenoxy) is 3. The lowest BCUT2D eigenvalue weighted by Gasteiger charge is -2.29. The van der Waals surface area contributed by atoms with E-state index in [1.54, 1.807) is 7.11 Å². The van der Waals surface area contributed by atoms with Crippen molar-refractivity contribution in [1.82, 2.24) is 14.9 Å². The molecule has 0 radical (unpaired) electrons. The average Bonchev–Trinajstić information content (AvgIpc) is 3.62. The normalized spacial score (nSPS) is 21.9. The Morgan fingerprint density at radius 3 is 2.86 bits per heavy atom. The molecule has 2 aliphatic heterocycles. The van der Waals surface area contributed by atoms with Crippen molar-refractivity contribution in [2.45, 2.75) is 37.6 Å². The number of pyridine rings is 1. The molecule has 2 aromatic heterocycles. The van der Waals surface area contributed by atoms with Gasteiger partial charge < -0.3 is 29.0 Å². The van der Waals surface area contributed by atoms with Gasteiger partial charge in [-0.15, -0.1) is 0 Å². The largest absolute Gasteiger partial charge is 0.490 e. The van der Waals surface area contributed by atoms with Crippen LogP contribution in [0.3, 0.4) is 0 Å². The van der Waals surface area contributed by atoms with Crippen LogP contribution in [0, 0.1) is 0 Å². The van der Waals surface area contributed by atoms with Crippen molar-refractivity contribution >= 4 is 34.6 Å². The summed E-state index contributed by atoms with van der Waals surface area (Å²) < 4.78 is 19.0. The van der Waals surface area contributed by atoms with Crippen molar-refractivity contribution in [1.29, 1.82) is 0 Å². The van der Waals surface area contributed by atoms with Crippen LogP contribution < -0.4 is 15.0 Å². The summed E-state index contributed by atoms with van der Waals surface area (Å²) in [4.78, 5) is 6.78. The first-order chi connectivity index (χ1) is 17.2. The summed E-state index contributed by atoms with van der Waals surface area (Å²) in [6.45, 7) is 2.56. The highest BCUT2D eigenvalue weighted by molar-refractivity contribution is 7.80. The molecule has 0 saturated carbocycles. The fourth-order valence-electron chi connectivity index (χ4n) is 4.79. The molecular weight excluding hydrogens is 484 g/mol. The molecule has 5 rings (SSSR count). The maximum Gasteiger partial charge on any atom is 0.174 e. The van der Waals surface area contributed by atoms with Gasteiger partial charge in [-0.3, -0.25) is 4.98 Å². The molecule has 9 heteroatoms. The van der Waals surface area contributed by atoms with Crippen molar-refractivity contribution < 1.29 is 14.2 Å². The molecule has 184 valence electrons. The summed E-state index contributed by atoms with van der Waals surface area (Å²) in [5.41, 5.74) is 2.96. The van der Waals surface area contributed by atoms with Crippen LogP contribution in [0.2, 0.25) is 5.02 Å². The summed E-state index contributed by atoms with van der Waals surface area (Å²) in [5, 5.41) is 4.66. The van der Waals surface area contributed by atoms with Crippen molar-refractivity contribution in [3.8, 4) is 5.75 Å². The summed E-state index contributed by atoms with van der Waals surface area (Å²) in [7, 11) is 1.64. The molecule has 0 unspecified atom stereocenters. The maximum absolute atomic E-state index is 6.61. The minimum atomic E-state index is -0.127. The summed E-state index contributed by atoms with van der Waals surface area (Å²) in [5.74, 6) is 0.616. The topological polar surface area (TPSA) is 60.8 Å². The number of hydrogen-bond acceptors (Lipinski definition) is 5. The Balaban J connectivity index is 1.51. The minimum absolute atomic E-state index is 0.120. The predicted molar refractivity (Wildman–Crippen MR) is 140 cm³/mol. The third kappa shape index (κ3) is 5.16. The zero-order valence-electron chi connectivity index (χ0n) is 19.6. The number of methoxy groups -OCH3 is 1. The van der Waals surface area contributed by atoms with Crippen LogP contribution in [0.4, 0.5) is 5.69 Å². The standard InChI is InChI=1S/C26H29ClN4O3S/c1-32-14-15-34-23-10-9-18(16-20(23)27)31-25(24(29-26(31)35)21-7-2-3-11-28-21)22-8-4-12-30(22)17-19-6-5-13-33-19/h2-4,7-12,16,19,24-25H,5-6,13-15,17H2,1H3,(H,29,35)/t19-,24-,25+/m0/s1. The number of rotatable bonds is 9. The first-order valence-corrected chi connectivity index (χ1v) is 12.6. The Hall–Kier alpha value is -2.65. The maximum atomic E-state index is 6.61. The first-order valence-electron chi connectivity index (χ1n) is 11.8. The zero-order valence-corrected chi connectivity index (χ0v) is 21.2. The van der Waals surface area contributed by atoms with Gasteiger partial charge in [-0.1, -0.05) is 17.7 Å². The highest BCUT2D eigenvalue weighted by Gasteiger charge is 2.42. The molecule has 3 atom stereocenters. The summed E-state index contributed by atoms with van der Waals surface area (Å²) in [6.07, 6.45) is 6.34. The second-order valence-corrected chi connectivity index (χ2v) is 9.47. The van der Waals surface area contributed by atoms with Crippen molar-refractivity contribution in [3.63, 3.8) is 0 Å². The molecular formula is C26H29ClN4O3S. The lowest BCUT2D eigenvalue weighted by Crippen LogP contribution is -2.31. The van der Waals surface area contributed by atoms with Gasteiger partial charge in [0.1, 0.15) is 18.4 Å². The predicted octanol–water partition coefficient (Wildman–Crippen LogP) is 4.92. The molecule has 3 aromatic rings. The Kier molecular flexibility index (Phi) is 7.53. The second-order valence-electron chi connectivity index (χ2n) is 8.67. The van der Waals surface area contributed by atoms with Crippen LogP contribution in [-0.4, -0.2) is 47.7 Å². The fraction of sp³-hybridized carbons (Fsp3) is 0.385. The SMILES string of the molecule is COCCOc1ccc(N2C(=S)N[C@@H](c3ccccn3)[C@H]2c2cccn2C[C@@H]2CCCO2)cc1Cl. The Labute approximate surface area is 215 Å². The smallest absolute Gasteiger partial charge is 0.174 e. The number of nitrogens with zero attached hydrogens (tertiary/aromatic N) is 3. The van der Waals surface area contributed by atoms with Crippen LogP contribution in [0.15, 0.2) is 60.9 Å². The third-order valence-electron chi connectivity index (χ3n) is 6.43. The molecule has 2 saturated heterocycles. The van der Waals surface area contributed by atoms with E-state index in [9.17, 15) is 0 Å². The zero-order chi connectivity index (χ0) is 24.2. The summed E-state index contributed by atoms with van der Waals surface area (Å²) >= 11 is 12.5. The quantitative estimate of drug-likeness (QED) is 0.322. The number of anilines is 1. The lowest BCUT2D eigenvalue weighted by molar-refractivity contribution is 0.0961. The van der Waals surface area contributed by atoms with E-state index in [1.807, 2.05) is 42.6 Å². The van der Waals surface area contributed by atoms with E-state index < -0.39 is 0 Å². The molecule has 2 aliphatic rings. The van der Waals surface area contributed by atoms with Gasteiger partial charge in [0.2, 0.25) is 0 Å². The van der Waals surface area contributed by atoms with Crippen LogP contribution in [0.5, 0.6) is 5.75 Å². The number of hydrogen-bond donors (Lipinski definition) is 1. The Morgan fingerprint density at radius 1 is 1.20 bits per heavy atom. The fourth-order valence-corrected chi connectivity index (χ4v) is 5.37. The molecule has 0 spiro atoms. The number of nitrogens with one attached hydrogen (secondary N) is 1. The number of halogens is 1. The highest BCUT2D eigenvalue weighted by atomic mass is 35.5. The van der Waals surface area contributed by atoms with Crippen molar-refractivity contribution in [3.05, 3.63) is 77.3 Å². The van der Waals surface area contributed by atoms with E-state index in [-0.39, 0.29) is 18.2 Å². The number of benzene rings is 1. The number of thiocarbonyl (C=S) groups is 1. The molecule has 4 heterocycles. The van der Waals surface area contributed by atoms with Crippen molar-refractivity contribution in [2.75, 3.05) is 31.8 Å². The molecule has 1 aromatic carbocycles. The van der Waals surface area contributed by atoms with Gasteiger partial charge >= 0.3 is 0 Å². The monoisotopic (exact) mass is 512 g/mol. The van der Waals surface area contributed by atoms with Crippen LogP contribution in [0.25, 0.3) is 0 Å². The highest BCUT2D eigenvalue weighted by Crippen LogP contribution is 2.43. The third-order valence-corrected chi connectivity index (χ3v) is 7.04. The molecule has 0 bridgehead atoms. The van der Waals surface area contributed by atoms with Gasteiger partial charge in [-0.2, -0.15) is 0 Å². The molecule has 7 nitrogen and oxygen atoms in total.